The Bertz CT molecular complexity index is 3900. The van der Waals surface area contributed by atoms with Gasteiger partial charge in [0.15, 0.2) is 5.78 Å². The number of aromatic amines is 2. The molecule has 2 aromatic heterocycles. The molecule has 9 amide bonds. The molecule has 97 heavy (non-hydrogen) atoms. The van der Waals surface area contributed by atoms with Gasteiger partial charge in [0, 0.05) is 108 Å². The molecule has 2 fully saturated rings. The molecule has 3 aliphatic heterocycles. The number of unbranched alkanes of at least 4 members (excludes halogenated alkanes) is 1. The summed E-state index contributed by atoms with van der Waals surface area (Å²) in [6.45, 7) is 6.37. The highest BCUT2D eigenvalue weighted by atomic mass is 32.2. The second-order valence-electron chi connectivity index (χ2n) is 26.1. The number of phenolic OH excluding ortho intramolecular Hbond substituents is 1. The second kappa shape index (κ2) is 32.5. The molecule has 23 nitrogen and oxygen atoms in total. The van der Waals surface area contributed by atoms with Crippen LogP contribution in [-0.4, -0.2) is 162 Å². The predicted molar refractivity (Wildman–Crippen MR) is 366 cm³/mol. The van der Waals surface area contributed by atoms with Crippen LogP contribution in [0.2, 0.25) is 0 Å². The van der Waals surface area contributed by atoms with Gasteiger partial charge in [0.2, 0.25) is 53.2 Å². The molecule has 5 heterocycles. The van der Waals surface area contributed by atoms with Gasteiger partial charge in [-0.2, -0.15) is 23.5 Å². The number of phenols is 1. The zero-order chi connectivity index (χ0) is 69.7. The van der Waals surface area contributed by atoms with Gasteiger partial charge in [-0.3, -0.25) is 47.9 Å². The highest BCUT2D eigenvalue weighted by Crippen LogP contribution is 2.32. The molecule has 0 spiro atoms. The van der Waals surface area contributed by atoms with E-state index in [1.54, 1.807) is 31.5 Å². The number of aromatic nitrogens is 2. The highest BCUT2D eigenvalue weighted by molar-refractivity contribution is 7.98. The van der Waals surface area contributed by atoms with Gasteiger partial charge in [0.05, 0.1) is 6.04 Å². The number of nitrogens with zero attached hydrogens (tertiary/aromatic N) is 2. The molecular weight excluding hydrogens is 1290 g/mol. The molecule has 0 saturated carbocycles. The van der Waals surface area contributed by atoms with Gasteiger partial charge in [0.25, 0.3) is 0 Å². The number of hydrogen-bond donors (Lipinski definition) is 11. The molecule has 13 N–H and O–H groups in total. The summed E-state index contributed by atoms with van der Waals surface area (Å²) >= 11 is 2.87. The van der Waals surface area contributed by atoms with Gasteiger partial charge in [-0.05, 0) is 149 Å². The van der Waals surface area contributed by atoms with E-state index < -0.39 is 118 Å². The van der Waals surface area contributed by atoms with Crippen LogP contribution in [0, 0.1) is 17.6 Å². The predicted octanol–water partition coefficient (Wildman–Crippen LogP) is 5.13. The van der Waals surface area contributed by atoms with E-state index in [4.69, 9.17) is 11.5 Å². The lowest BCUT2D eigenvalue weighted by molar-refractivity contribution is -0.147. The van der Waals surface area contributed by atoms with Gasteiger partial charge in [-0.25, -0.2) is 8.78 Å². The summed E-state index contributed by atoms with van der Waals surface area (Å²) in [6.07, 6.45) is 4.51. The fourth-order valence-corrected chi connectivity index (χ4v) is 14.7. The molecule has 3 aliphatic rings. The number of ketones is 1. The summed E-state index contributed by atoms with van der Waals surface area (Å²) in [7, 11) is 0. The number of rotatable bonds is 11. The third-order valence-electron chi connectivity index (χ3n) is 18.3. The lowest BCUT2D eigenvalue weighted by Gasteiger charge is -2.38. The number of carbonyl (C=O) groups excluding carboxylic acids is 10. The summed E-state index contributed by atoms with van der Waals surface area (Å²) < 4.78 is 29.9. The van der Waals surface area contributed by atoms with E-state index in [0.717, 1.165) is 11.1 Å². The monoisotopic (exact) mass is 1370 g/mol. The standard InChI is InChI=1S/C70H86F2N12O11S2/c1-40-28-59(86)53(12-5-6-24-73)77-60(87)22-27-96-37-42-10-7-11-43(29-42)38-97-39-57(61(74)88)81-68(95)70(4)23-9-26-84(70)66(93)55(30-41-14-18-48(85)19-15-41)80-67(94)69(2,3)82-64(91)58-13-8-25-83(58)65(92)56(32-45-36-76-52-21-17-47(72)34-50(45)52)79-63(90)54(78-62(40)89)31-44-35-75-51-20-16-46(71)33-49(44)51/h7,10-11,14-21,29,33-36,40,53-58,75-76,85H,5-6,8-9,12-13,22-28,30-32,37-39,73H2,1-4H3,(H2,74,88)(H,77,87)(H,78,89)(H,79,90)(H,80,94)(H,81,95)(H,82,91)/t40-,53-,54-,55-,56-,57-,58-,70-/m0/s1. The summed E-state index contributed by atoms with van der Waals surface area (Å²) in [6, 6.07) is 14.1. The molecule has 2 saturated heterocycles. The quantitative estimate of drug-likeness (QED) is 0.0750. The number of thioether (sulfide) groups is 2. The molecule has 0 aliphatic carbocycles. The number of fused-ring (bicyclic) bond motifs is 6. The van der Waals surface area contributed by atoms with E-state index in [9.17, 15) is 47.4 Å². The van der Waals surface area contributed by atoms with Gasteiger partial charge in [0.1, 0.15) is 58.7 Å². The Morgan fingerprint density at radius 2 is 1.30 bits per heavy atom. The van der Waals surface area contributed by atoms with Crippen LogP contribution in [0.5, 0.6) is 5.75 Å². The molecule has 6 aromatic rings. The third-order valence-corrected chi connectivity index (χ3v) is 20.5. The molecule has 0 unspecified atom stereocenters. The number of aromatic hydroxyl groups is 1. The van der Waals surface area contributed by atoms with Gasteiger partial charge < -0.3 is 68.2 Å². The molecule has 9 rings (SSSR count). The Hall–Kier alpha value is -8.82. The van der Waals surface area contributed by atoms with Crippen molar-refractivity contribution in [3.8, 4) is 5.75 Å². The van der Waals surface area contributed by atoms with Crippen LogP contribution in [0.4, 0.5) is 8.78 Å². The number of H-pyrrole nitrogens is 2. The van der Waals surface area contributed by atoms with Crippen molar-refractivity contribution >= 4 is 104 Å². The number of halogens is 2. The van der Waals surface area contributed by atoms with E-state index in [-0.39, 0.29) is 81.9 Å². The zero-order valence-corrected chi connectivity index (χ0v) is 56.5. The van der Waals surface area contributed by atoms with Crippen molar-refractivity contribution in [3.63, 3.8) is 0 Å². The van der Waals surface area contributed by atoms with Crippen molar-refractivity contribution in [2.45, 2.75) is 164 Å². The Labute approximate surface area is 569 Å². The smallest absolute Gasteiger partial charge is 0.246 e. The topological polar surface area (TPSA) is 353 Å². The van der Waals surface area contributed by atoms with Gasteiger partial charge in [-0.15, -0.1) is 0 Å². The van der Waals surface area contributed by atoms with Gasteiger partial charge >= 0.3 is 0 Å². The summed E-state index contributed by atoms with van der Waals surface area (Å²) in [4.78, 5) is 154. The minimum Gasteiger partial charge on any atom is -0.508 e. The first-order chi connectivity index (χ1) is 46.3. The van der Waals surface area contributed by atoms with Crippen molar-refractivity contribution in [2.24, 2.45) is 17.4 Å². The fraction of sp³-hybridized carbons (Fsp3) is 0.457. The van der Waals surface area contributed by atoms with Crippen molar-refractivity contribution in [2.75, 3.05) is 31.1 Å². The van der Waals surface area contributed by atoms with Crippen molar-refractivity contribution in [1.82, 2.24) is 51.7 Å². The molecule has 8 atom stereocenters. The number of carbonyl (C=O) groups is 10. The zero-order valence-electron chi connectivity index (χ0n) is 54.9. The fourth-order valence-electron chi connectivity index (χ4n) is 12.8. The number of nitrogens with two attached hydrogens (primary N) is 2. The average Bonchev–Trinajstić information content (AvgIpc) is 1.69. The van der Waals surface area contributed by atoms with Crippen LogP contribution < -0.4 is 43.4 Å². The molecular formula is C70H86F2N12O11S2. The molecule has 2 bridgehead atoms. The Morgan fingerprint density at radius 1 is 0.670 bits per heavy atom. The maximum Gasteiger partial charge on any atom is 0.246 e. The van der Waals surface area contributed by atoms with Crippen molar-refractivity contribution in [1.29, 1.82) is 0 Å². The molecule has 27 heteroatoms. The van der Waals surface area contributed by atoms with Crippen LogP contribution in [0.15, 0.2) is 97.3 Å². The van der Waals surface area contributed by atoms with E-state index in [0.29, 0.717) is 88.0 Å². The average molecular weight is 1370 g/mol. The number of nitrogens with one attached hydrogen (secondary N) is 8. The van der Waals surface area contributed by atoms with E-state index >= 15 is 14.4 Å². The normalized spacial score (nSPS) is 24.5. The first-order valence-electron chi connectivity index (χ1n) is 32.8. The molecule has 0 radical (unpaired) electrons. The summed E-state index contributed by atoms with van der Waals surface area (Å²) in [5, 5.41) is 27.9. The lowest BCUT2D eigenvalue weighted by atomic mass is 9.95. The minimum absolute atomic E-state index is 0.0103. The molecule has 518 valence electrons. The number of primary amides is 1. The maximum atomic E-state index is 15.4. The number of amides is 9. The van der Waals surface area contributed by atoms with Crippen LogP contribution in [0.3, 0.4) is 0 Å². The minimum atomic E-state index is -1.80. The molecule has 4 aromatic carbocycles. The maximum absolute atomic E-state index is 15.4. The van der Waals surface area contributed by atoms with E-state index in [1.165, 1.54) is 103 Å². The van der Waals surface area contributed by atoms with Crippen LogP contribution in [0.25, 0.3) is 21.8 Å². The Morgan fingerprint density at radius 3 is 1.95 bits per heavy atom. The summed E-state index contributed by atoms with van der Waals surface area (Å²) in [5.41, 5.74) is 12.7. The number of hydrogen-bond acceptors (Lipinski definition) is 14. The van der Waals surface area contributed by atoms with Crippen LogP contribution >= 0.6 is 23.5 Å². The first-order valence-corrected chi connectivity index (χ1v) is 35.1. The number of benzene rings is 4. The largest absolute Gasteiger partial charge is 0.508 e. The SMILES string of the molecule is C[C@H]1CC(=O)[C@H](CCCCN)NC(=O)CCSCc2cccc(c2)CSC[C@@H](C(N)=O)NC(=O)[C@]2(C)CCCN2C(=O)[C@H](Cc2ccc(O)cc2)NC(=O)C(C)(C)NC(=O)[C@@H]2CCCN2C(=O)[C@H](Cc2c[nH]c3ccc(F)cc23)NC(=O)[C@H](Cc2c[nH]c3ccc(F)cc23)NC1=O. The second-order valence-corrected chi connectivity index (χ2v) is 28.3. The van der Waals surface area contributed by atoms with Crippen molar-refractivity contribution in [3.05, 3.63) is 137 Å². The van der Waals surface area contributed by atoms with Crippen molar-refractivity contribution < 1.29 is 61.8 Å². The first kappa shape index (κ1) is 72.4. The van der Waals surface area contributed by atoms with E-state index in [1.807, 2.05) is 24.3 Å². The van der Waals surface area contributed by atoms with Crippen LogP contribution in [-0.2, 0) is 78.7 Å². The Balaban J connectivity index is 1.03. The third kappa shape index (κ3) is 18.4. The summed E-state index contributed by atoms with van der Waals surface area (Å²) in [5.74, 6) is -7.62. The van der Waals surface area contributed by atoms with E-state index in [2.05, 4.69) is 41.9 Å². The lowest BCUT2D eigenvalue weighted by Crippen LogP contribution is -2.65. The van der Waals surface area contributed by atoms with Crippen LogP contribution in [0.1, 0.15) is 113 Å². The Kier molecular flexibility index (Phi) is 24.3. The number of Topliss-reactive ketones (excluding diaryl/α,β-unsaturated/α-hetero) is 1. The highest BCUT2D eigenvalue weighted by Gasteiger charge is 2.49. The van der Waals surface area contributed by atoms with Gasteiger partial charge in [-0.1, -0.05) is 43.3 Å².